The highest BCUT2D eigenvalue weighted by Crippen LogP contribution is 2.31. The van der Waals surface area contributed by atoms with E-state index in [1.165, 1.54) is 11.1 Å². The van der Waals surface area contributed by atoms with Crippen LogP contribution in [0.25, 0.3) is 0 Å². The van der Waals surface area contributed by atoms with Gasteiger partial charge in [-0.15, -0.1) is 0 Å². The maximum atomic E-state index is 9.88. The summed E-state index contributed by atoms with van der Waals surface area (Å²) in [6.45, 7) is 6.17. The molecule has 1 nitrogen and oxygen atoms in total. The van der Waals surface area contributed by atoms with Crippen molar-refractivity contribution in [2.45, 2.75) is 26.7 Å². The monoisotopic (exact) mass is 226 g/mol. The van der Waals surface area contributed by atoms with Crippen LogP contribution in [-0.2, 0) is 0 Å². The van der Waals surface area contributed by atoms with Crippen LogP contribution in [-0.4, -0.2) is 5.11 Å². The Kier molecular flexibility index (Phi) is 3.19. The van der Waals surface area contributed by atoms with Gasteiger partial charge >= 0.3 is 0 Å². The van der Waals surface area contributed by atoms with Crippen LogP contribution in [0.5, 0.6) is 5.75 Å². The number of aromatic hydroxyl groups is 1. The third-order valence-corrected chi connectivity index (χ3v) is 3.33. The summed E-state index contributed by atoms with van der Waals surface area (Å²) in [5.41, 5.74) is 4.56. The molecule has 0 aromatic heterocycles. The summed E-state index contributed by atoms with van der Waals surface area (Å²) in [7, 11) is 0. The van der Waals surface area contributed by atoms with E-state index in [-0.39, 0.29) is 0 Å². The fourth-order valence-corrected chi connectivity index (χ4v) is 2.24. The van der Waals surface area contributed by atoms with E-state index < -0.39 is 0 Å². The van der Waals surface area contributed by atoms with E-state index in [0.29, 0.717) is 11.7 Å². The molecule has 2 aromatic rings. The fourth-order valence-electron chi connectivity index (χ4n) is 2.24. The van der Waals surface area contributed by atoms with Gasteiger partial charge in [0, 0.05) is 5.92 Å². The van der Waals surface area contributed by atoms with Gasteiger partial charge in [0.2, 0.25) is 0 Å². The van der Waals surface area contributed by atoms with E-state index in [0.717, 1.165) is 11.1 Å². The van der Waals surface area contributed by atoms with Gasteiger partial charge in [-0.05, 0) is 42.2 Å². The topological polar surface area (TPSA) is 20.2 Å². The second-order valence-electron chi connectivity index (χ2n) is 4.63. The lowest BCUT2D eigenvalue weighted by Crippen LogP contribution is -1.99. The molecule has 0 aliphatic carbocycles. The van der Waals surface area contributed by atoms with Crippen LogP contribution in [0.15, 0.2) is 42.5 Å². The summed E-state index contributed by atoms with van der Waals surface area (Å²) >= 11 is 0. The molecule has 2 rings (SSSR count). The number of benzene rings is 2. The largest absolute Gasteiger partial charge is 0.508 e. The van der Waals surface area contributed by atoms with E-state index in [1.807, 2.05) is 26.0 Å². The summed E-state index contributed by atoms with van der Waals surface area (Å²) in [6, 6.07) is 14.4. The molecule has 1 atom stereocenters. The molecule has 0 saturated carbocycles. The Balaban J connectivity index is 2.48. The normalized spacial score (nSPS) is 12.4. The van der Waals surface area contributed by atoms with Gasteiger partial charge in [-0.25, -0.2) is 0 Å². The van der Waals surface area contributed by atoms with Crippen molar-refractivity contribution in [1.82, 2.24) is 0 Å². The van der Waals surface area contributed by atoms with Crippen LogP contribution in [0.1, 0.15) is 35.1 Å². The zero-order chi connectivity index (χ0) is 12.4. The second-order valence-corrected chi connectivity index (χ2v) is 4.63. The van der Waals surface area contributed by atoms with Gasteiger partial charge in [-0.2, -0.15) is 0 Å². The van der Waals surface area contributed by atoms with Gasteiger partial charge in [-0.3, -0.25) is 0 Å². The molecule has 1 heteroatoms. The van der Waals surface area contributed by atoms with E-state index >= 15 is 0 Å². The second kappa shape index (κ2) is 4.62. The lowest BCUT2D eigenvalue weighted by atomic mass is 9.89. The predicted octanol–water partition coefficient (Wildman–Crippen LogP) is 4.16. The highest BCUT2D eigenvalue weighted by molar-refractivity contribution is 5.46. The van der Waals surface area contributed by atoms with Crippen molar-refractivity contribution in [1.29, 1.82) is 0 Å². The first-order valence-electron chi connectivity index (χ1n) is 5.94. The highest BCUT2D eigenvalue weighted by Gasteiger charge is 2.13. The number of phenolic OH excluding ortho intramolecular Hbond substituents is 1. The minimum atomic E-state index is 0.307. The summed E-state index contributed by atoms with van der Waals surface area (Å²) in [5.74, 6) is 0.699. The van der Waals surface area contributed by atoms with Crippen LogP contribution in [0.2, 0.25) is 0 Å². The number of rotatable bonds is 2. The Hall–Kier alpha value is -1.76. The van der Waals surface area contributed by atoms with Crippen LogP contribution in [0.4, 0.5) is 0 Å². The minimum Gasteiger partial charge on any atom is -0.508 e. The van der Waals surface area contributed by atoms with Crippen LogP contribution in [0.3, 0.4) is 0 Å². The minimum absolute atomic E-state index is 0.307. The van der Waals surface area contributed by atoms with E-state index in [4.69, 9.17) is 0 Å². The molecule has 0 aliphatic heterocycles. The Bertz CT molecular complexity index is 515. The van der Waals surface area contributed by atoms with Crippen molar-refractivity contribution in [3.05, 3.63) is 64.7 Å². The SMILES string of the molecule is Cc1cc(O)c(C)c(C(C)c2ccccc2)c1. The van der Waals surface area contributed by atoms with Gasteiger partial charge in [-0.1, -0.05) is 43.3 Å². The predicted molar refractivity (Wildman–Crippen MR) is 71.5 cm³/mol. The smallest absolute Gasteiger partial charge is 0.119 e. The maximum absolute atomic E-state index is 9.88. The molecular weight excluding hydrogens is 208 g/mol. The molecule has 0 heterocycles. The molecule has 1 N–H and O–H groups in total. The van der Waals surface area contributed by atoms with Crippen molar-refractivity contribution in [3.8, 4) is 5.75 Å². The third-order valence-electron chi connectivity index (χ3n) is 3.33. The van der Waals surface area contributed by atoms with Crippen LogP contribution >= 0.6 is 0 Å². The Labute approximate surface area is 103 Å². The quantitative estimate of drug-likeness (QED) is 0.815. The lowest BCUT2D eigenvalue weighted by molar-refractivity contribution is 0.469. The molecule has 0 saturated heterocycles. The Morgan fingerprint density at radius 3 is 2.29 bits per heavy atom. The van der Waals surface area contributed by atoms with Gasteiger partial charge in [0.05, 0.1) is 0 Å². The summed E-state index contributed by atoms with van der Waals surface area (Å²) < 4.78 is 0. The zero-order valence-electron chi connectivity index (χ0n) is 10.6. The van der Waals surface area contributed by atoms with Crippen molar-refractivity contribution < 1.29 is 5.11 Å². The van der Waals surface area contributed by atoms with Crippen LogP contribution < -0.4 is 0 Å². The highest BCUT2D eigenvalue weighted by atomic mass is 16.3. The standard InChI is InChI=1S/C16H18O/c1-11-9-15(13(3)16(17)10-11)12(2)14-7-5-4-6-8-14/h4-10,12,17H,1-3H3. The molecule has 0 radical (unpaired) electrons. The molecule has 17 heavy (non-hydrogen) atoms. The molecule has 0 aliphatic rings. The molecule has 0 amide bonds. The number of aryl methyl sites for hydroxylation is 1. The molecule has 0 bridgehead atoms. The Morgan fingerprint density at radius 2 is 1.65 bits per heavy atom. The lowest BCUT2D eigenvalue weighted by Gasteiger charge is -2.17. The van der Waals surface area contributed by atoms with Gasteiger partial charge < -0.3 is 5.11 Å². The van der Waals surface area contributed by atoms with Crippen molar-refractivity contribution in [2.75, 3.05) is 0 Å². The van der Waals surface area contributed by atoms with Crippen molar-refractivity contribution in [2.24, 2.45) is 0 Å². The molecule has 1 unspecified atom stereocenters. The van der Waals surface area contributed by atoms with Crippen molar-refractivity contribution in [3.63, 3.8) is 0 Å². The average molecular weight is 226 g/mol. The summed E-state index contributed by atoms with van der Waals surface area (Å²) in [5, 5.41) is 9.88. The first-order chi connectivity index (χ1) is 8.09. The number of hydrogen-bond acceptors (Lipinski definition) is 1. The first-order valence-corrected chi connectivity index (χ1v) is 5.94. The van der Waals surface area contributed by atoms with Gasteiger partial charge in [0.15, 0.2) is 0 Å². The Morgan fingerprint density at radius 1 is 1.00 bits per heavy atom. The molecule has 0 spiro atoms. The van der Waals surface area contributed by atoms with Gasteiger partial charge in [0.1, 0.15) is 5.75 Å². The molecule has 2 aromatic carbocycles. The summed E-state index contributed by atoms with van der Waals surface area (Å²) in [6.07, 6.45) is 0. The summed E-state index contributed by atoms with van der Waals surface area (Å²) in [4.78, 5) is 0. The van der Waals surface area contributed by atoms with E-state index in [1.54, 1.807) is 0 Å². The first kappa shape index (κ1) is 11.7. The average Bonchev–Trinajstić information content (AvgIpc) is 2.34. The maximum Gasteiger partial charge on any atom is 0.119 e. The van der Waals surface area contributed by atoms with E-state index in [9.17, 15) is 5.11 Å². The number of hydrogen-bond donors (Lipinski definition) is 1. The molecule has 88 valence electrons. The van der Waals surface area contributed by atoms with Crippen molar-refractivity contribution >= 4 is 0 Å². The zero-order valence-corrected chi connectivity index (χ0v) is 10.6. The fraction of sp³-hybridized carbons (Fsp3) is 0.250. The number of phenols is 1. The van der Waals surface area contributed by atoms with Crippen LogP contribution in [0, 0.1) is 13.8 Å². The third kappa shape index (κ3) is 2.33. The van der Waals surface area contributed by atoms with Gasteiger partial charge in [0.25, 0.3) is 0 Å². The van der Waals surface area contributed by atoms with E-state index in [2.05, 4.69) is 37.3 Å². The molecule has 0 fully saturated rings. The molecular formula is C16H18O.